The Kier molecular flexibility index (Phi) is 2.41. The summed E-state index contributed by atoms with van der Waals surface area (Å²) in [5, 5.41) is 8.91. The number of primary sulfonamides is 1. The van der Waals surface area contributed by atoms with Crippen LogP contribution in [0.4, 0.5) is 0 Å². The van der Waals surface area contributed by atoms with Crippen molar-refractivity contribution >= 4 is 21.6 Å². The molecule has 0 spiro atoms. The fraction of sp³-hybridized carbons (Fsp3) is 0.400. The van der Waals surface area contributed by atoms with Gasteiger partial charge in [0.15, 0.2) is 0 Å². The predicted octanol–water partition coefficient (Wildman–Crippen LogP) is -0.138. The lowest BCUT2D eigenvalue weighted by Gasteiger charge is -1.99. The fourth-order valence-corrected chi connectivity index (χ4v) is 1.82. The molecule has 1 rings (SSSR count). The van der Waals surface area contributed by atoms with Crippen LogP contribution in [0.5, 0.6) is 0 Å². The molecule has 1 aromatic heterocycles. The number of hydrogen-bond donors (Lipinski definition) is 1. The molecule has 7 heteroatoms. The Morgan fingerprint density at radius 2 is 2.33 bits per heavy atom. The first kappa shape index (κ1) is 9.50. The van der Waals surface area contributed by atoms with Crippen molar-refractivity contribution in [2.45, 2.75) is 5.75 Å². The lowest BCUT2D eigenvalue weighted by atomic mass is 10.5. The van der Waals surface area contributed by atoms with E-state index in [2.05, 4.69) is 5.10 Å². The second-order valence-electron chi connectivity index (χ2n) is 2.37. The van der Waals surface area contributed by atoms with Crippen LogP contribution in [-0.2, 0) is 22.8 Å². The lowest BCUT2D eigenvalue weighted by molar-refractivity contribution is 0.593. The van der Waals surface area contributed by atoms with Crippen LogP contribution in [0.2, 0.25) is 5.02 Å². The number of aryl methyl sites for hydroxylation is 1. The van der Waals surface area contributed by atoms with Gasteiger partial charge in [-0.05, 0) is 0 Å². The van der Waals surface area contributed by atoms with Gasteiger partial charge < -0.3 is 0 Å². The average molecular weight is 210 g/mol. The van der Waals surface area contributed by atoms with Crippen molar-refractivity contribution in [1.82, 2.24) is 9.78 Å². The molecule has 0 saturated heterocycles. The number of aromatic nitrogens is 2. The highest BCUT2D eigenvalue weighted by atomic mass is 35.5. The molecule has 0 saturated carbocycles. The van der Waals surface area contributed by atoms with E-state index in [-0.39, 0.29) is 5.75 Å². The lowest BCUT2D eigenvalue weighted by Crippen LogP contribution is -2.16. The van der Waals surface area contributed by atoms with Crippen LogP contribution in [-0.4, -0.2) is 18.2 Å². The fourth-order valence-electron chi connectivity index (χ4n) is 0.789. The first-order chi connectivity index (χ1) is 5.40. The van der Waals surface area contributed by atoms with Gasteiger partial charge in [-0.15, -0.1) is 0 Å². The molecule has 0 fully saturated rings. The normalized spacial score (nSPS) is 11.9. The molecule has 0 bridgehead atoms. The third kappa shape index (κ3) is 2.20. The molecular formula is C5H8ClN3O2S. The van der Waals surface area contributed by atoms with Crippen LogP contribution in [0.25, 0.3) is 0 Å². The minimum absolute atomic E-state index is 0.289. The van der Waals surface area contributed by atoms with Crippen LogP contribution >= 0.6 is 11.6 Å². The van der Waals surface area contributed by atoms with Gasteiger partial charge in [0.1, 0.15) is 5.75 Å². The molecular weight excluding hydrogens is 202 g/mol. The Hall–Kier alpha value is -0.590. The second kappa shape index (κ2) is 3.04. The van der Waals surface area contributed by atoms with Gasteiger partial charge in [0.05, 0.1) is 16.9 Å². The largest absolute Gasteiger partial charge is 0.270 e. The van der Waals surface area contributed by atoms with Crippen molar-refractivity contribution in [1.29, 1.82) is 0 Å². The Morgan fingerprint density at radius 1 is 1.75 bits per heavy atom. The Balaban J connectivity index is 3.04. The van der Waals surface area contributed by atoms with Crippen LogP contribution in [0.1, 0.15) is 5.69 Å². The van der Waals surface area contributed by atoms with E-state index in [0.717, 1.165) is 0 Å². The smallest absolute Gasteiger partial charge is 0.214 e. The molecule has 12 heavy (non-hydrogen) atoms. The van der Waals surface area contributed by atoms with E-state index in [1.807, 2.05) is 0 Å². The monoisotopic (exact) mass is 209 g/mol. The van der Waals surface area contributed by atoms with Crippen molar-refractivity contribution < 1.29 is 8.42 Å². The number of nitrogens with two attached hydrogens (primary N) is 1. The van der Waals surface area contributed by atoms with E-state index in [1.54, 1.807) is 7.05 Å². The number of sulfonamides is 1. The van der Waals surface area contributed by atoms with E-state index in [0.29, 0.717) is 10.7 Å². The van der Waals surface area contributed by atoms with Crippen LogP contribution < -0.4 is 5.14 Å². The van der Waals surface area contributed by atoms with E-state index >= 15 is 0 Å². The number of rotatable bonds is 2. The maximum atomic E-state index is 10.7. The summed E-state index contributed by atoms with van der Waals surface area (Å²) in [6.45, 7) is 0. The number of nitrogens with zero attached hydrogens (tertiary/aromatic N) is 2. The predicted molar refractivity (Wildman–Crippen MR) is 45.0 cm³/mol. The van der Waals surface area contributed by atoms with Gasteiger partial charge in [-0.2, -0.15) is 5.10 Å². The van der Waals surface area contributed by atoms with Crippen LogP contribution in [0, 0.1) is 0 Å². The quantitative estimate of drug-likeness (QED) is 0.737. The molecule has 0 radical (unpaired) electrons. The summed E-state index contributed by atoms with van der Waals surface area (Å²) in [7, 11) is -1.93. The highest BCUT2D eigenvalue weighted by Crippen LogP contribution is 2.15. The van der Waals surface area contributed by atoms with Gasteiger partial charge in [0.2, 0.25) is 10.0 Å². The summed E-state index contributed by atoms with van der Waals surface area (Å²) >= 11 is 5.65. The maximum Gasteiger partial charge on any atom is 0.214 e. The van der Waals surface area contributed by atoms with Crippen molar-refractivity contribution in [2.24, 2.45) is 12.2 Å². The van der Waals surface area contributed by atoms with Gasteiger partial charge in [-0.25, -0.2) is 13.6 Å². The van der Waals surface area contributed by atoms with Crippen molar-refractivity contribution in [3.63, 3.8) is 0 Å². The first-order valence-electron chi connectivity index (χ1n) is 3.07. The minimum Gasteiger partial charge on any atom is -0.270 e. The zero-order valence-electron chi connectivity index (χ0n) is 6.36. The van der Waals surface area contributed by atoms with E-state index in [9.17, 15) is 8.42 Å². The van der Waals surface area contributed by atoms with Gasteiger partial charge in [0.25, 0.3) is 0 Å². The van der Waals surface area contributed by atoms with Crippen molar-refractivity contribution in [2.75, 3.05) is 0 Å². The maximum absolute atomic E-state index is 10.7. The molecule has 0 aliphatic carbocycles. The molecule has 0 aliphatic rings. The van der Waals surface area contributed by atoms with Gasteiger partial charge in [-0.3, -0.25) is 4.68 Å². The molecule has 0 atom stereocenters. The van der Waals surface area contributed by atoms with Crippen LogP contribution in [0.15, 0.2) is 6.20 Å². The zero-order chi connectivity index (χ0) is 9.35. The molecule has 1 aromatic rings. The molecule has 2 N–H and O–H groups in total. The molecule has 0 unspecified atom stereocenters. The zero-order valence-corrected chi connectivity index (χ0v) is 7.93. The average Bonchev–Trinajstić information content (AvgIpc) is 2.16. The molecule has 1 heterocycles. The van der Waals surface area contributed by atoms with Crippen LogP contribution in [0.3, 0.4) is 0 Å². The third-order valence-electron chi connectivity index (χ3n) is 1.35. The molecule has 0 aliphatic heterocycles. The summed E-state index contributed by atoms with van der Waals surface area (Å²) in [5.41, 5.74) is 0.402. The topological polar surface area (TPSA) is 78.0 Å². The number of halogens is 1. The van der Waals surface area contributed by atoms with Gasteiger partial charge in [0, 0.05) is 7.05 Å². The Bertz CT molecular complexity index is 364. The highest BCUT2D eigenvalue weighted by Gasteiger charge is 2.12. The summed E-state index contributed by atoms with van der Waals surface area (Å²) in [6, 6.07) is 0. The molecule has 68 valence electrons. The first-order valence-corrected chi connectivity index (χ1v) is 5.16. The van der Waals surface area contributed by atoms with E-state index in [1.165, 1.54) is 10.9 Å². The van der Waals surface area contributed by atoms with E-state index < -0.39 is 10.0 Å². The molecule has 0 amide bonds. The number of hydrogen-bond acceptors (Lipinski definition) is 3. The third-order valence-corrected chi connectivity index (χ3v) is 2.34. The van der Waals surface area contributed by atoms with Crippen molar-refractivity contribution in [3.05, 3.63) is 16.9 Å². The molecule has 0 aromatic carbocycles. The Labute approximate surface area is 75.2 Å². The summed E-state index contributed by atoms with van der Waals surface area (Å²) in [5.74, 6) is -0.289. The van der Waals surface area contributed by atoms with Gasteiger partial charge in [-0.1, -0.05) is 11.6 Å². The summed E-state index contributed by atoms with van der Waals surface area (Å²) in [6.07, 6.45) is 1.38. The Morgan fingerprint density at radius 3 is 2.67 bits per heavy atom. The standard InChI is InChI=1S/C5H8ClN3O2S/c1-9-5(3-12(7,10)11)4(6)2-8-9/h2H,3H2,1H3,(H2,7,10,11). The minimum atomic E-state index is -3.54. The van der Waals surface area contributed by atoms with Gasteiger partial charge >= 0.3 is 0 Å². The summed E-state index contributed by atoms with van der Waals surface area (Å²) < 4.78 is 22.7. The van der Waals surface area contributed by atoms with E-state index in [4.69, 9.17) is 16.7 Å². The summed E-state index contributed by atoms with van der Waals surface area (Å²) in [4.78, 5) is 0. The molecule has 5 nitrogen and oxygen atoms in total. The van der Waals surface area contributed by atoms with Crippen molar-refractivity contribution in [3.8, 4) is 0 Å². The SMILES string of the molecule is Cn1ncc(Cl)c1CS(N)(=O)=O. The highest BCUT2D eigenvalue weighted by molar-refractivity contribution is 7.88. The second-order valence-corrected chi connectivity index (χ2v) is 4.39.